The van der Waals surface area contributed by atoms with Crippen molar-refractivity contribution in [3.63, 3.8) is 0 Å². The van der Waals surface area contributed by atoms with E-state index in [0.717, 1.165) is 35.7 Å². The summed E-state index contributed by atoms with van der Waals surface area (Å²) in [6.45, 7) is 2.27. The van der Waals surface area contributed by atoms with Crippen LogP contribution in [-0.4, -0.2) is 28.0 Å². The van der Waals surface area contributed by atoms with Crippen molar-refractivity contribution in [3.8, 4) is 0 Å². The zero-order chi connectivity index (χ0) is 27.3. The van der Waals surface area contributed by atoms with Crippen molar-refractivity contribution < 1.29 is 14.7 Å². The summed E-state index contributed by atoms with van der Waals surface area (Å²) in [4.78, 5) is 27.2. The van der Waals surface area contributed by atoms with Gasteiger partial charge in [0.05, 0.1) is 0 Å². The summed E-state index contributed by atoms with van der Waals surface area (Å²) >= 11 is 0. The molecule has 0 unspecified atom stereocenters. The Labute approximate surface area is 230 Å². The fraction of sp³-hybridized carbons (Fsp3) is 0.636. The topological polar surface area (TPSA) is 82.2 Å². The molecule has 2 rings (SSSR count). The minimum Gasteiger partial charge on any atom is -0.480 e. The third-order valence-corrected chi connectivity index (χ3v) is 7.40. The molecule has 0 fully saturated rings. The number of unbranched alkanes of at least 4 members (excludes halogenated alkanes) is 15. The number of rotatable bonds is 23. The highest BCUT2D eigenvalue weighted by Gasteiger charge is 2.21. The quantitative estimate of drug-likeness (QED) is 0.100. The van der Waals surface area contributed by atoms with Crippen LogP contribution in [0.15, 0.2) is 42.6 Å². The minimum absolute atomic E-state index is 0.170. The SMILES string of the molecule is CCCCCCCCCC/C=C\CCCCCCCCCC(=O)N[C@@H](Cc1c[nH]c2ccccc12)C(=O)O. The number of aromatic amines is 1. The zero-order valence-corrected chi connectivity index (χ0v) is 23.8. The van der Waals surface area contributed by atoms with Crippen LogP contribution < -0.4 is 5.32 Å². The average molecular weight is 525 g/mol. The van der Waals surface area contributed by atoms with E-state index in [4.69, 9.17) is 0 Å². The number of para-hydroxylation sites is 1. The van der Waals surface area contributed by atoms with Gasteiger partial charge in [0.2, 0.25) is 5.91 Å². The molecule has 0 aliphatic carbocycles. The van der Waals surface area contributed by atoms with Gasteiger partial charge in [0.1, 0.15) is 6.04 Å². The molecular formula is C33H52N2O3. The number of amides is 1. The molecule has 0 aliphatic heterocycles. The van der Waals surface area contributed by atoms with E-state index >= 15 is 0 Å². The van der Waals surface area contributed by atoms with E-state index in [1.54, 1.807) is 0 Å². The van der Waals surface area contributed by atoms with Crippen LogP contribution in [0.2, 0.25) is 0 Å². The van der Waals surface area contributed by atoms with Crippen molar-refractivity contribution in [2.45, 2.75) is 135 Å². The summed E-state index contributed by atoms with van der Waals surface area (Å²) in [5.41, 5.74) is 1.89. The van der Waals surface area contributed by atoms with Gasteiger partial charge in [-0.1, -0.05) is 114 Å². The van der Waals surface area contributed by atoms with E-state index in [2.05, 4.69) is 29.4 Å². The molecule has 0 bridgehead atoms. The van der Waals surface area contributed by atoms with Crippen LogP contribution in [-0.2, 0) is 16.0 Å². The maximum Gasteiger partial charge on any atom is 0.326 e. The first kappa shape index (κ1) is 31.7. The molecule has 1 aromatic carbocycles. The highest BCUT2D eigenvalue weighted by molar-refractivity contribution is 5.86. The number of H-pyrrole nitrogens is 1. The second kappa shape index (κ2) is 20.4. The normalized spacial score (nSPS) is 12.3. The fourth-order valence-corrected chi connectivity index (χ4v) is 5.05. The van der Waals surface area contributed by atoms with Crippen molar-refractivity contribution >= 4 is 22.8 Å². The maximum atomic E-state index is 12.3. The van der Waals surface area contributed by atoms with E-state index in [9.17, 15) is 14.7 Å². The van der Waals surface area contributed by atoms with E-state index in [1.807, 2.05) is 30.5 Å². The van der Waals surface area contributed by atoms with Crippen LogP contribution >= 0.6 is 0 Å². The number of carbonyl (C=O) groups is 2. The van der Waals surface area contributed by atoms with E-state index in [1.165, 1.54) is 89.9 Å². The molecule has 212 valence electrons. The standard InChI is InChI=1S/C33H52N2O3/c1-2-3-4-5-6-7-8-9-10-11-12-13-14-15-16-17-18-19-20-25-32(36)35-31(33(37)38)26-28-27-34-30-24-22-21-23-29(28)30/h11-12,21-24,27,31,34H,2-10,13-20,25-26H2,1H3,(H,35,36)(H,37,38)/b12-11-/t31-/m0/s1. The van der Waals surface area contributed by atoms with Crippen molar-refractivity contribution in [3.05, 3.63) is 48.2 Å². The molecule has 0 aliphatic rings. The molecular weight excluding hydrogens is 472 g/mol. The largest absolute Gasteiger partial charge is 0.480 e. The lowest BCUT2D eigenvalue weighted by Crippen LogP contribution is -2.42. The third-order valence-electron chi connectivity index (χ3n) is 7.40. The summed E-state index contributed by atoms with van der Waals surface area (Å²) < 4.78 is 0. The Hall–Kier alpha value is -2.56. The molecule has 5 nitrogen and oxygen atoms in total. The molecule has 0 saturated carbocycles. The van der Waals surface area contributed by atoms with Crippen LogP contribution in [0.4, 0.5) is 0 Å². The molecule has 1 heterocycles. The van der Waals surface area contributed by atoms with Crippen LogP contribution in [0, 0.1) is 0 Å². The lowest BCUT2D eigenvalue weighted by atomic mass is 10.0. The Kier molecular flexibility index (Phi) is 17.0. The van der Waals surface area contributed by atoms with E-state index < -0.39 is 12.0 Å². The van der Waals surface area contributed by atoms with Crippen LogP contribution in [0.25, 0.3) is 10.9 Å². The first-order chi connectivity index (χ1) is 18.6. The van der Waals surface area contributed by atoms with Gasteiger partial charge in [-0.05, 0) is 43.7 Å². The average Bonchev–Trinajstić information content (AvgIpc) is 3.32. The van der Waals surface area contributed by atoms with Crippen LogP contribution in [0.1, 0.15) is 128 Å². The smallest absolute Gasteiger partial charge is 0.326 e. The van der Waals surface area contributed by atoms with Crippen molar-refractivity contribution in [1.29, 1.82) is 0 Å². The Morgan fingerprint density at radius 3 is 1.97 bits per heavy atom. The molecule has 5 heteroatoms. The van der Waals surface area contributed by atoms with Gasteiger partial charge in [-0.25, -0.2) is 4.79 Å². The number of carbonyl (C=O) groups excluding carboxylic acids is 1. The number of benzene rings is 1. The summed E-state index contributed by atoms with van der Waals surface area (Å²) in [5, 5.41) is 13.3. The van der Waals surface area contributed by atoms with Crippen LogP contribution in [0.3, 0.4) is 0 Å². The Balaban J connectivity index is 1.42. The molecule has 1 amide bonds. The second-order valence-corrected chi connectivity index (χ2v) is 10.8. The molecule has 0 spiro atoms. The van der Waals surface area contributed by atoms with Crippen molar-refractivity contribution in [1.82, 2.24) is 10.3 Å². The van der Waals surface area contributed by atoms with Gasteiger partial charge in [-0.2, -0.15) is 0 Å². The first-order valence-corrected chi connectivity index (χ1v) is 15.3. The number of aliphatic carboxylic acids is 1. The monoisotopic (exact) mass is 524 g/mol. The van der Waals surface area contributed by atoms with Gasteiger partial charge in [0.15, 0.2) is 0 Å². The maximum absolute atomic E-state index is 12.3. The fourth-order valence-electron chi connectivity index (χ4n) is 5.05. The molecule has 2 aromatic rings. The lowest BCUT2D eigenvalue weighted by molar-refractivity contribution is -0.141. The number of allylic oxidation sites excluding steroid dienone is 2. The van der Waals surface area contributed by atoms with Gasteiger partial charge in [-0.15, -0.1) is 0 Å². The number of aromatic nitrogens is 1. The Bertz CT molecular complexity index is 933. The first-order valence-electron chi connectivity index (χ1n) is 15.3. The van der Waals surface area contributed by atoms with Crippen LogP contribution in [0.5, 0.6) is 0 Å². The van der Waals surface area contributed by atoms with Gasteiger partial charge in [-0.3, -0.25) is 4.79 Å². The number of nitrogens with one attached hydrogen (secondary N) is 2. The van der Waals surface area contributed by atoms with E-state index in [-0.39, 0.29) is 12.3 Å². The number of hydrogen-bond acceptors (Lipinski definition) is 2. The van der Waals surface area contributed by atoms with Gasteiger partial charge >= 0.3 is 5.97 Å². The Morgan fingerprint density at radius 1 is 0.816 bits per heavy atom. The molecule has 0 saturated heterocycles. The molecule has 0 radical (unpaired) electrons. The molecule has 1 aromatic heterocycles. The minimum atomic E-state index is -0.994. The summed E-state index contributed by atoms with van der Waals surface area (Å²) in [7, 11) is 0. The van der Waals surface area contributed by atoms with E-state index in [0.29, 0.717) is 6.42 Å². The predicted octanol–water partition coefficient (Wildman–Crippen LogP) is 8.88. The number of carboxylic acids is 1. The number of hydrogen-bond donors (Lipinski definition) is 3. The highest BCUT2D eigenvalue weighted by atomic mass is 16.4. The second-order valence-electron chi connectivity index (χ2n) is 10.8. The molecule has 1 atom stereocenters. The van der Waals surface area contributed by atoms with Gasteiger partial charge in [0, 0.05) is 29.9 Å². The molecule has 3 N–H and O–H groups in total. The number of carboxylic acid groups (broad SMARTS) is 1. The summed E-state index contributed by atoms with van der Waals surface area (Å²) in [6, 6.07) is 6.90. The summed E-state index contributed by atoms with van der Waals surface area (Å²) in [6.07, 6.45) is 28.7. The predicted molar refractivity (Wildman–Crippen MR) is 159 cm³/mol. The lowest BCUT2D eigenvalue weighted by Gasteiger charge is -2.14. The third kappa shape index (κ3) is 13.8. The van der Waals surface area contributed by atoms with Crippen molar-refractivity contribution in [2.24, 2.45) is 0 Å². The van der Waals surface area contributed by atoms with Gasteiger partial charge in [0.25, 0.3) is 0 Å². The number of fused-ring (bicyclic) bond motifs is 1. The summed E-state index contributed by atoms with van der Waals surface area (Å²) in [5.74, 6) is -1.16. The molecule has 38 heavy (non-hydrogen) atoms. The van der Waals surface area contributed by atoms with Crippen molar-refractivity contribution in [2.75, 3.05) is 0 Å². The van der Waals surface area contributed by atoms with Gasteiger partial charge < -0.3 is 15.4 Å². The zero-order valence-electron chi connectivity index (χ0n) is 23.8. The Morgan fingerprint density at radius 2 is 1.37 bits per heavy atom. The highest BCUT2D eigenvalue weighted by Crippen LogP contribution is 2.19.